The highest BCUT2D eigenvalue weighted by Crippen LogP contribution is 2.15. The Morgan fingerprint density at radius 3 is 2.57 bits per heavy atom. The first-order valence-electron chi connectivity index (χ1n) is 6.55. The second-order valence-corrected chi connectivity index (χ2v) is 4.85. The number of aryl methyl sites for hydroxylation is 1. The molecule has 2 rings (SSSR count). The van der Waals surface area contributed by atoms with Crippen LogP contribution in [-0.4, -0.2) is 17.6 Å². The van der Waals surface area contributed by atoms with E-state index in [1.54, 1.807) is 31.2 Å². The summed E-state index contributed by atoms with van der Waals surface area (Å²) < 4.78 is 13.0. The van der Waals surface area contributed by atoms with Crippen LogP contribution >= 0.6 is 0 Å². The highest BCUT2D eigenvalue weighted by molar-refractivity contribution is 5.95. The number of anilines is 1. The fourth-order valence-corrected chi connectivity index (χ4v) is 2.00. The summed E-state index contributed by atoms with van der Waals surface area (Å²) in [5.41, 5.74) is 7.79. The molecule has 0 bridgehead atoms. The lowest BCUT2D eigenvalue weighted by Crippen LogP contribution is -2.28. The minimum Gasteiger partial charge on any atom is -0.399 e. The lowest BCUT2D eigenvalue weighted by atomic mass is 10.1. The van der Waals surface area contributed by atoms with E-state index >= 15 is 0 Å². The lowest BCUT2D eigenvalue weighted by molar-refractivity contribution is 0.0915. The Kier molecular flexibility index (Phi) is 4.55. The number of rotatable bonds is 4. The number of aliphatic hydroxyl groups excluding tert-OH is 1. The number of carbonyl (C=O) groups is 1. The van der Waals surface area contributed by atoms with Crippen LogP contribution in [0.2, 0.25) is 0 Å². The molecule has 0 radical (unpaired) electrons. The molecule has 0 aromatic heterocycles. The third-order valence-corrected chi connectivity index (χ3v) is 3.21. The number of benzene rings is 2. The van der Waals surface area contributed by atoms with E-state index in [0.29, 0.717) is 22.4 Å². The van der Waals surface area contributed by atoms with Gasteiger partial charge >= 0.3 is 0 Å². The molecule has 0 spiro atoms. The van der Waals surface area contributed by atoms with Crippen LogP contribution < -0.4 is 11.1 Å². The number of halogens is 1. The first-order chi connectivity index (χ1) is 9.97. The van der Waals surface area contributed by atoms with Gasteiger partial charge in [-0.3, -0.25) is 4.79 Å². The third-order valence-electron chi connectivity index (χ3n) is 3.21. The fourth-order valence-electron chi connectivity index (χ4n) is 2.00. The quantitative estimate of drug-likeness (QED) is 0.755. The van der Waals surface area contributed by atoms with Crippen LogP contribution in [0.5, 0.6) is 0 Å². The van der Waals surface area contributed by atoms with E-state index in [0.717, 1.165) is 0 Å². The minimum absolute atomic E-state index is 0.0690. The zero-order chi connectivity index (χ0) is 15.4. The van der Waals surface area contributed by atoms with Crippen molar-refractivity contribution in [2.24, 2.45) is 0 Å². The fraction of sp³-hybridized carbons (Fsp3) is 0.188. The molecule has 4 nitrogen and oxygen atoms in total. The summed E-state index contributed by atoms with van der Waals surface area (Å²) in [5, 5.41) is 12.6. The van der Waals surface area contributed by atoms with E-state index in [1.807, 2.05) is 0 Å². The summed E-state index contributed by atoms with van der Waals surface area (Å²) >= 11 is 0. The molecule has 5 heteroatoms. The molecule has 0 saturated carbocycles. The molecule has 0 aliphatic heterocycles. The van der Waals surface area contributed by atoms with Gasteiger partial charge < -0.3 is 16.2 Å². The van der Waals surface area contributed by atoms with Crippen molar-refractivity contribution in [2.45, 2.75) is 13.0 Å². The van der Waals surface area contributed by atoms with Gasteiger partial charge in [-0.15, -0.1) is 0 Å². The summed E-state index contributed by atoms with van der Waals surface area (Å²) in [4.78, 5) is 12.0. The van der Waals surface area contributed by atoms with Gasteiger partial charge in [-0.05, 0) is 48.4 Å². The van der Waals surface area contributed by atoms with Crippen molar-refractivity contribution in [2.75, 3.05) is 12.3 Å². The van der Waals surface area contributed by atoms with Crippen LogP contribution in [-0.2, 0) is 0 Å². The molecule has 21 heavy (non-hydrogen) atoms. The van der Waals surface area contributed by atoms with E-state index in [9.17, 15) is 14.3 Å². The Labute approximate surface area is 122 Å². The summed E-state index contributed by atoms with van der Waals surface area (Å²) in [6.45, 7) is 1.73. The Balaban J connectivity index is 1.99. The number of amides is 1. The molecule has 2 aromatic rings. The molecule has 0 heterocycles. The standard InChI is InChI=1S/C16H17FN2O2/c1-10-8-12(17)4-7-14(10)16(21)19-9-15(20)11-2-5-13(18)6-3-11/h2-8,15,20H,9,18H2,1H3,(H,19,21). The van der Waals surface area contributed by atoms with Crippen molar-refractivity contribution < 1.29 is 14.3 Å². The molecule has 0 aliphatic rings. The predicted octanol–water partition coefficient (Wildman–Crippen LogP) is 2.18. The number of nitrogens with one attached hydrogen (secondary N) is 1. The number of aliphatic hydroxyl groups is 1. The molecule has 4 N–H and O–H groups in total. The largest absolute Gasteiger partial charge is 0.399 e. The number of nitrogen functional groups attached to an aromatic ring is 1. The smallest absolute Gasteiger partial charge is 0.251 e. The molecule has 1 atom stereocenters. The van der Waals surface area contributed by atoms with Crippen LogP contribution in [0.4, 0.5) is 10.1 Å². The monoisotopic (exact) mass is 288 g/mol. The van der Waals surface area contributed by atoms with Crippen molar-refractivity contribution in [3.63, 3.8) is 0 Å². The van der Waals surface area contributed by atoms with Gasteiger partial charge in [0, 0.05) is 17.8 Å². The molecule has 110 valence electrons. The van der Waals surface area contributed by atoms with E-state index in [2.05, 4.69) is 5.32 Å². The maximum absolute atomic E-state index is 13.0. The van der Waals surface area contributed by atoms with Gasteiger partial charge in [0.1, 0.15) is 5.82 Å². The molecule has 2 aromatic carbocycles. The highest BCUT2D eigenvalue weighted by atomic mass is 19.1. The molecular formula is C16H17FN2O2. The number of carbonyl (C=O) groups excluding carboxylic acids is 1. The SMILES string of the molecule is Cc1cc(F)ccc1C(=O)NCC(O)c1ccc(N)cc1. The Morgan fingerprint density at radius 1 is 1.29 bits per heavy atom. The summed E-state index contributed by atoms with van der Waals surface area (Å²) in [7, 11) is 0. The lowest BCUT2D eigenvalue weighted by Gasteiger charge is -2.13. The molecule has 0 aliphatic carbocycles. The molecular weight excluding hydrogens is 271 g/mol. The van der Waals surface area contributed by atoms with Crippen molar-refractivity contribution in [3.05, 3.63) is 65.0 Å². The second kappa shape index (κ2) is 6.37. The van der Waals surface area contributed by atoms with E-state index in [4.69, 9.17) is 5.73 Å². The molecule has 0 fully saturated rings. The van der Waals surface area contributed by atoms with E-state index < -0.39 is 6.10 Å². The number of hydrogen-bond acceptors (Lipinski definition) is 3. The highest BCUT2D eigenvalue weighted by Gasteiger charge is 2.12. The van der Waals surface area contributed by atoms with Gasteiger partial charge in [0.25, 0.3) is 5.91 Å². The number of nitrogens with two attached hydrogens (primary N) is 1. The van der Waals surface area contributed by atoms with Crippen molar-refractivity contribution in [1.29, 1.82) is 0 Å². The average Bonchev–Trinajstić information content (AvgIpc) is 2.45. The van der Waals surface area contributed by atoms with Crippen LogP contribution in [0.25, 0.3) is 0 Å². The Morgan fingerprint density at radius 2 is 1.95 bits per heavy atom. The van der Waals surface area contributed by atoms with Gasteiger partial charge in [0.05, 0.1) is 6.10 Å². The van der Waals surface area contributed by atoms with E-state index in [1.165, 1.54) is 18.2 Å². The van der Waals surface area contributed by atoms with Crippen molar-refractivity contribution in [1.82, 2.24) is 5.32 Å². The topological polar surface area (TPSA) is 75.3 Å². The molecule has 0 saturated heterocycles. The summed E-state index contributed by atoms with van der Waals surface area (Å²) in [6, 6.07) is 10.7. The van der Waals surface area contributed by atoms with E-state index in [-0.39, 0.29) is 18.3 Å². The van der Waals surface area contributed by atoms with Crippen LogP contribution in [0, 0.1) is 12.7 Å². The first kappa shape index (κ1) is 15.0. The van der Waals surface area contributed by atoms with Gasteiger partial charge in [0.2, 0.25) is 0 Å². The normalized spacial score (nSPS) is 12.0. The summed E-state index contributed by atoms with van der Waals surface area (Å²) in [6.07, 6.45) is -0.824. The molecule has 1 unspecified atom stereocenters. The molecule has 1 amide bonds. The first-order valence-corrected chi connectivity index (χ1v) is 6.55. The Hall–Kier alpha value is -2.40. The van der Waals surface area contributed by atoms with Crippen LogP contribution in [0.1, 0.15) is 27.6 Å². The predicted molar refractivity (Wildman–Crippen MR) is 79.3 cm³/mol. The van der Waals surface area contributed by atoms with Crippen molar-refractivity contribution in [3.8, 4) is 0 Å². The maximum Gasteiger partial charge on any atom is 0.251 e. The third kappa shape index (κ3) is 3.79. The minimum atomic E-state index is -0.824. The summed E-state index contributed by atoms with van der Waals surface area (Å²) in [5.74, 6) is -0.729. The zero-order valence-electron chi connectivity index (χ0n) is 11.6. The average molecular weight is 288 g/mol. The second-order valence-electron chi connectivity index (χ2n) is 4.85. The Bertz CT molecular complexity index is 641. The van der Waals surface area contributed by atoms with Gasteiger partial charge in [-0.1, -0.05) is 12.1 Å². The van der Waals surface area contributed by atoms with Crippen LogP contribution in [0.3, 0.4) is 0 Å². The zero-order valence-corrected chi connectivity index (χ0v) is 11.6. The van der Waals surface area contributed by atoms with Gasteiger partial charge in [-0.2, -0.15) is 0 Å². The number of hydrogen-bond donors (Lipinski definition) is 3. The van der Waals surface area contributed by atoms with Crippen LogP contribution in [0.15, 0.2) is 42.5 Å². The van der Waals surface area contributed by atoms with Gasteiger partial charge in [-0.25, -0.2) is 4.39 Å². The van der Waals surface area contributed by atoms with Crippen molar-refractivity contribution >= 4 is 11.6 Å². The maximum atomic E-state index is 13.0. The van der Waals surface area contributed by atoms with Gasteiger partial charge in [0.15, 0.2) is 0 Å².